The molecule has 3 N–H and O–H groups in total. The summed E-state index contributed by atoms with van der Waals surface area (Å²) in [5, 5.41) is 2.82. The maximum Gasteiger partial charge on any atom is 0.255 e. The Bertz CT molecular complexity index is 730. The van der Waals surface area contributed by atoms with Gasteiger partial charge in [-0.1, -0.05) is 32.0 Å². The second-order valence-electron chi connectivity index (χ2n) is 6.93. The predicted molar refractivity (Wildman–Crippen MR) is 108 cm³/mol. The van der Waals surface area contributed by atoms with Gasteiger partial charge in [0.25, 0.3) is 11.8 Å². The van der Waals surface area contributed by atoms with Crippen molar-refractivity contribution in [1.82, 2.24) is 4.90 Å². The minimum atomic E-state index is -0.179. The van der Waals surface area contributed by atoms with E-state index in [4.69, 9.17) is 5.73 Å². The number of halogens is 1. The van der Waals surface area contributed by atoms with Gasteiger partial charge in [-0.3, -0.25) is 9.59 Å². The Morgan fingerprint density at radius 2 is 1.58 bits per heavy atom. The highest BCUT2D eigenvalue weighted by molar-refractivity contribution is 6.04. The van der Waals surface area contributed by atoms with E-state index >= 15 is 0 Å². The molecule has 0 aliphatic carbocycles. The van der Waals surface area contributed by atoms with Crippen LogP contribution in [0.3, 0.4) is 0 Å². The Balaban J connectivity index is 0.00000338. The monoisotopic (exact) mass is 375 g/mol. The molecule has 2 amide bonds. The first-order valence-corrected chi connectivity index (χ1v) is 8.24. The molecule has 2 aromatic rings. The molecule has 6 heteroatoms. The maximum absolute atomic E-state index is 12.5. The number of nitrogens with two attached hydrogens (primary N) is 1. The first-order valence-electron chi connectivity index (χ1n) is 8.24. The van der Waals surface area contributed by atoms with Crippen molar-refractivity contribution in [3.05, 3.63) is 65.7 Å². The van der Waals surface area contributed by atoms with Crippen LogP contribution in [0, 0.1) is 5.41 Å². The lowest BCUT2D eigenvalue weighted by molar-refractivity contribution is 0.0740. The zero-order valence-corrected chi connectivity index (χ0v) is 16.2. The molecule has 0 saturated carbocycles. The van der Waals surface area contributed by atoms with Gasteiger partial charge < -0.3 is 16.0 Å². The molecule has 140 valence electrons. The van der Waals surface area contributed by atoms with Crippen LogP contribution in [-0.2, 0) is 0 Å². The number of carbonyl (C=O) groups excluding carboxylic acids is 2. The van der Waals surface area contributed by atoms with Gasteiger partial charge in [-0.2, -0.15) is 0 Å². The third kappa shape index (κ3) is 5.86. The van der Waals surface area contributed by atoms with E-state index in [0.717, 1.165) is 0 Å². The van der Waals surface area contributed by atoms with E-state index in [1.807, 2.05) is 32.0 Å². The van der Waals surface area contributed by atoms with Crippen molar-refractivity contribution in [2.45, 2.75) is 13.8 Å². The van der Waals surface area contributed by atoms with E-state index in [-0.39, 0.29) is 29.6 Å². The molecule has 0 aliphatic rings. The molecule has 5 nitrogen and oxygen atoms in total. The second-order valence-corrected chi connectivity index (χ2v) is 6.93. The van der Waals surface area contributed by atoms with Gasteiger partial charge in [0.1, 0.15) is 0 Å². The van der Waals surface area contributed by atoms with E-state index in [1.54, 1.807) is 48.3 Å². The topological polar surface area (TPSA) is 75.4 Å². The number of amides is 2. The third-order valence-electron chi connectivity index (χ3n) is 3.99. The van der Waals surface area contributed by atoms with Crippen LogP contribution in [0.1, 0.15) is 34.6 Å². The summed E-state index contributed by atoms with van der Waals surface area (Å²) in [5.74, 6) is -0.246. The number of benzene rings is 2. The Morgan fingerprint density at radius 3 is 2.12 bits per heavy atom. The molecule has 0 aromatic heterocycles. The fourth-order valence-electron chi connectivity index (χ4n) is 2.49. The van der Waals surface area contributed by atoms with Crippen molar-refractivity contribution in [3.63, 3.8) is 0 Å². The van der Waals surface area contributed by atoms with Gasteiger partial charge in [0.05, 0.1) is 0 Å². The average molecular weight is 376 g/mol. The van der Waals surface area contributed by atoms with E-state index in [0.29, 0.717) is 29.9 Å². The number of hydrogen-bond donors (Lipinski definition) is 2. The van der Waals surface area contributed by atoms with Crippen molar-refractivity contribution in [3.8, 4) is 0 Å². The number of carbonyl (C=O) groups is 2. The van der Waals surface area contributed by atoms with Crippen LogP contribution in [0.25, 0.3) is 0 Å². The number of anilines is 1. The molecule has 0 aliphatic heterocycles. The lowest BCUT2D eigenvalue weighted by atomic mass is 9.93. The van der Waals surface area contributed by atoms with E-state index < -0.39 is 0 Å². The van der Waals surface area contributed by atoms with Crippen molar-refractivity contribution >= 4 is 29.9 Å². The van der Waals surface area contributed by atoms with Crippen LogP contribution in [0.2, 0.25) is 0 Å². The summed E-state index contributed by atoms with van der Waals surface area (Å²) in [6.07, 6.45) is 0. The van der Waals surface area contributed by atoms with Crippen molar-refractivity contribution in [2.24, 2.45) is 11.1 Å². The van der Waals surface area contributed by atoms with Crippen LogP contribution >= 0.6 is 12.4 Å². The smallest absolute Gasteiger partial charge is 0.255 e. The summed E-state index contributed by atoms with van der Waals surface area (Å²) >= 11 is 0. The standard InChI is InChI=1S/C20H25N3O2.ClH/c1-20(2,13-21)14-23(3)19(25)16-9-11-17(12-10-16)22-18(24)15-7-5-4-6-8-15;/h4-12H,13-14,21H2,1-3H3,(H,22,24);1H. The van der Waals surface area contributed by atoms with Gasteiger partial charge in [0.2, 0.25) is 0 Å². The molecule has 26 heavy (non-hydrogen) atoms. The van der Waals surface area contributed by atoms with Crippen molar-refractivity contribution < 1.29 is 9.59 Å². The van der Waals surface area contributed by atoms with Crippen LogP contribution in [0.4, 0.5) is 5.69 Å². The third-order valence-corrected chi connectivity index (χ3v) is 3.99. The van der Waals surface area contributed by atoms with Crippen LogP contribution in [-0.4, -0.2) is 36.9 Å². The highest BCUT2D eigenvalue weighted by atomic mass is 35.5. The summed E-state index contributed by atoms with van der Waals surface area (Å²) in [4.78, 5) is 26.3. The number of nitrogens with one attached hydrogen (secondary N) is 1. The highest BCUT2D eigenvalue weighted by Crippen LogP contribution is 2.17. The van der Waals surface area contributed by atoms with Crippen LogP contribution in [0.5, 0.6) is 0 Å². The maximum atomic E-state index is 12.5. The molecule has 0 bridgehead atoms. The first kappa shape index (κ1) is 21.7. The fourth-order valence-corrected chi connectivity index (χ4v) is 2.49. The zero-order valence-electron chi connectivity index (χ0n) is 15.4. The van der Waals surface area contributed by atoms with Gasteiger partial charge in [0, 0.05) is 30.4 Å². The van der Waals surface area contributed by atoms with E-state index in [9.17, 15) is 9.59 Å². The minimum Gasteiger partial charge on any atom is -0.341 e. The molecule has 2 rings (SSSR count). The van der Waals surface area contributed by atoms with Crippen LogP contribution < -0.4 is 11.1 Å². The Labute approximate surface area is 161 Å². The Morgan fingerprint density at radius 1 is 1.00 bits per heavy atom. The molecule has 0 heterocycles. The summed E-state index contributed by atoms with van der Waals surface area (Å²) in [6, 6.07) is 15.9. The van der Waals surface area contributed by atoms with Crippen molar-refractivity contribution in [2.75, 3.05) is 25.5 Å². The van der Waals surface area contributed by atoms with E-state index in [2.05, 4.69) is 5.32 Å². The van der Waals surface area contributed by atoms with Gasteiger partial charge >= 0.3 is 0 Å². The molecule has 0 radical (unpaired) electrons. The average Bonchev–Trinajstić information content (AvgIpc) is 2.62. The van der Waals surface area contributed by atoms with Crippen molar-refractivity contribution in [1.29, 1.82) is 0 Å². The number of rotatable bonds is 6. The summed E-state index contributed by atoms with van der Waals surface area (Å²) in [6.45, 7) is 5.14. The SMILES string of the molecule is CN(CC(C)(C)CN)C(=O)c1ccc(NC(=O)c2ccccc2)cc1.Cl. The minimum absolute atomic E-state index is 0. The first-order chi connectivity index (χ1) is 11.8. The summed E-state index contributed by atoms with van der Waals surface area (Å²) in [5.41, 5.74) is 7.41. The largest absolute Gasteiger partial charge is 0.341 e. The normalized spacial score (nSPS) is 10.6. The molecular formula is C20H26ClN3O2. The molecule has 0 spiro atoms. The zero-order chi connectivity index (χ0) is 18.4. The lowest BCUT2D eigenvalue weighted by Crippen LogP contribution is -2.39. The molecule has 2 aromatic carbocycles. The predicted octanol–water partition coefficient (Wildman–Crippen LogP) is 3.42. The van der Waals surface area contributed by atoms with Gasteiger partial charge in [-0.15, -0.1) is 12.4 Å². The van der Waals surface area contributed by atoms with Crippen LogP contribution in [0.15, 0.2) is 54.6 Å². The number of hydrogen-bond acceptors (Lipinski definition) is 3. The Hall–Kier alpha value is -2.37. The lowest BCUT2D eigenvalue weighted by Gasteiger charge is -2.29. The second kappa shape index (κ2) is 9.36. The molecule has 0 atom stereocenters. The summed E-state index contributed by atoms with van der Waals surface area (Å²) in [7, 11) is 1.77. The van der Waals surface area contributed by atoms with Gasteiger partial charge in [-0.25, -0.2) is 0 Å². The van der Waals surface area contributed by atoms with E-state index in [1.165, 1.54) is 0 Å². The fraction of sp³-hybridized carbons (Fsp3) is 0.300. The number of nitrogens with zero attached hydrogens (tertiary/aromatic N) is 1. The van der Waals surface area contributed by atoms with Gasteiger partial charge in [0.15, 0.2) is 0 Å². The molecular weight excluding hydrogens is 350 g/mol. The molecule has 0 saturated heterocycles. The highest BCUT2D eigenvalue weighted by Gasteiger charge is 2.21. The molecule has 0 unspecified atom stereocenters. The summed E-state index contributed by atoms with van der Waals surface area (Å²) < 4.78 is 0. The quantitative estimate of drug-likeness (QED) is 0.812. The van der Waals surface area contributed by atoms with Gasteiger partial charge in [-0.05, 0) is 48.4 Å². The Kier molecular flexibility index (Phi) is 7.80. The molecule has 0 fully saturated rings.